The minimum atomic E-state index is -0.757. The molecule has 9 heterocycles. The summed E-state index contributed by atoms with van der Waals surface area (Å²) in [6.07, 6.45) is 24.8. The van der Waals surface area contributed by atoms with E-state index in [-0.39, 0.29) is 106 Å². The Hall–Kier alpha value is -12.6. The Morgan fingerprint density at radius 3 is 1.19 bits per heavy atom. The van der Waals surface area contributed by atoms with Crippen LogP contribution >= 0.6 is 0 Å². The lowest BCUT2D eigenvalue weighted by atomic mass is 9.78. The Morgan fingerprint density at radius 1 is 0.415 bits per heavy atom. The smallest absolute Gasteiger partial charge is 0.453 e. The van der Waals surface area contributed by atoms with Gasteiger partial charge in [-0.1, -0.05) is 166 Å². The lowest BCUT2D eigenvalue weighted by Gasteiger charge is -2.33. The third kappa shape index (κ3) is 19.6. The van der Waals surface area contributed by atoms with E-state index in [9.17, 15) is 47.9 Å². The number of methoxy groups -OCH3 is 4. The summed E-state index contributed by atoms with van der Waals surface area (Å²) >= 11 is 0. The van der Waals surface area contributed by atoms with Gasteiger partial charge in [-0.25, -0.2) is 29.1 Å². The van der Waals surface area contributed by atoms with E-state index in [4.69, 9.17) is 48.2 Å². The number of likely N-dealkylation sites (tertiary alicyclic amines) is 4. The zero-order valence-electron chi connectivity index (χ0n) is 87.9. The fourth-order valence-corrected chi connectivity index (χ4v) is 26.0. The number of H-pyrrole nitrogens is 2. The molecule has 31 heteroatoms. The molecule has 5 saturated carbocycles. The highest BCUT2D eigenvalue weighted by Gasteiger charge is 2.61. The largest absolute Gasteiger partial charge is 0.494 e. The van der Waals surface area contributed by atoms with Crippen molar-refractivity contribution in [3.8, 4) is 33.4 Å². The molecule has 0 radical (unpaired) electrons. The number of rotatable bonds is 22. The van der Waals surface area contributed by atoms with Crippen molar-refractivity contribution in [1.82, 2.24) is 60.8 Å². The van der Waals surface area contributed by atoms with Crippen LogP contribution in [0.5, 0.6) is 0 Å². The van der Waals surface area contributed by atoms with Crippen LogP contribution in [0.2, 0.25) is 0 Å². The van der Waals surface area contributed by atoms with Gasteiger partial charge in [0, 0.05) is 61.3 Å². The number of fused-ring (bicyclic) bond motifs is 7. The fourth-order valence-electron chi connectivity index (χ4n) is 26.0. The average molecular weight is 2000 g/mol. The van der Waals surface area contributed by atoms with E-state index in [1.807, 2.05) is 128 Å². The molecule has 0 bridgehead atoms. The molecular weight excluding hydrogens is 1860 g/mol. The summed E-state index contributed by atoms with van der Waals surface area (Å²) in [6.45, 7) is 26.2. The predicted octanol–water partition coefficient (Wildman–Crippen LogP) is 17.7. The minimum absolute atomic E-state index is 0.0331. The molecule has 22 rings (SSSR count). The van der Waals surface area contributed by atoms with Gasteiger partial charge in [0.25, 0.3) is 11.1 Å². The third-order valence-corrected chi connectivity index (χ3v) is 35.2. The molecule has 7 aliphatic heterocycles. The molecule has 2 aromatic heterocycles. The van der Waals surface area contributed by atoms with E-state index in [0.717, 1.165) is 103 Å². The first-order valence-corrected chi connectivity index (χ1v) is 53.4. The second kappa shape index (κ2) is 40.1. The van der Waals surface area contributed by atoms with Gasteiger partial charge >= 0.3 is 31.5 Å². The van der Waals surface area contributed by atoms with Crippen molar-refractivity contribution in [2.75, 3.05) is 35.0 Å². The van der Waals surface area contributed by atoms with Gasteiger partial charge in [-0.05, 0) is 303 Å². The number of hydrogen-bond donors (Lipinski definition) is 6. The Morgan fingerprint density at radius 2 is 0.769 bits per heavy atom. The molecular formula is C116H141BN14O16. The summed E-state index contributed by atoms with van der Waals surface area (Å²) in [5, 5.41) is 11.9. The van der Waals surface area contributed by atoms with Gasteiger partial charge < -0.3 is 79.1 Å². The molecule has 6 N–H and O–H groups in total. The van der Waals surface area contributed by atoms with Gasteiger partial charge in [-0.15, -0.1) is 0 Å². The SMILES string of the molecule is COC(=O)N[C@H](C(=O)N1C2CC2C[C@H]1C1=NC=C(c2ccc(-c3ccc(-c4ccc5nc([C@@H]6CC7CC7N6C(=O)[C@@H](NC(=O)OC)C(C)C)[nH]c(=O)c5c4)c4c3CC3(CCCC3)C4)cc2)C1)C(C)C.COC(=O)N[C@H](C(=O)N1C2CC2C[C@H]1c1nc2ccc(B3OC(C)(C)C(C)(C)O3)cc2c(=O)[nH]1)C(C)C.COC(=O)N[C@H](C(=O)N1CCC[C@H]1C1=NC=C(c2ccc(-c3ccc(C)c4c3CC3(CCCC3)C4)cc2)C1)C(C)C. The van der Waals surface area contributed by atoms with Crippen molar-refractivity contribution in [2.45, 2.75) is 309 Å². The number of amides is 8. The Bertz CT molecular complexity index is 6810. The van der Waals surface area contributed by atoms with Gasteiger partial charge in [0.15, 0.2) is 0 Å². The molecule has 14 aliphatic rings. The maximum Gasteiger partial charge on any atom is 0.494 e. The minimum Gasteiger partial charge on any atom is -0.453 e. The Balaban J connectivity index is 0.000000144. The molecule has 6 unspecified atom stereocenters. The number of benzene rings is 6. The maximum atomic E-state index is 14.0. The van der Waals surface area contributed by atoms with Crippen molar-refractivity contribution >= 4 is 105 Å². The first-order chi connectivity index (χ1) is 70.3. The van der Waals surface area contributed by atoms with Crippen LogP contribution in [0, 0.1) is 59.2 Å². The van der Waals surface area contributed by atoms with Gasteiger partial charge in [-0.2, -0.15) is 0 Å². The number of aryl methyl sites for hydroxylation is 1. The van der Waals surface area contributed by atoms with E-state index in [0.29, 0.717) is 76.0 Å². The normalized spacial score (nSPS) is 24.7. The van der Waals surface area contributed by atoms with Crippen LogP contribution < -0.4 is 37.8 Å². The molecule has 5 saturated heterocycles. The zero-order valence-corrected chi connectivity index (χ0v) is 87.9. The zero-order chi connectivity index (χ0) is 104. The van der Waals surface area contributed by atoms with Crippen molar-refractivity contribution in [2.24, 2.45) is 62.2 Å². The van der Waals surface area contributed by atoms with E-state index in [1.54, 1.807) is 28.2 Å². The summed E-state index contributed by atoms with van der Waals surface area (Å²) in [7, 11) is 4.61. The van der Waals surface area contributed by atoms with E-state index < -0.39 is 66.9 Å². The third-order valence-electron chi connectivity index (χ3n) is 35.2. The molecule has 774 valence electrons. The lowest BCUT2D eigenvalue weighted by molar-refractivity contribution is -0.137. The van der Waals surface area contributed by atoms with Crippen molar-refractivity contribution in [3.05, 3.63) is 193 Å². The Labute approximate surface area is 859 Å². The molecule has 7 aliphatic carbocycles. The van der Waals surface area contributed by atoms with Gasteiger partial charge in [0.05, 0.1) is 85.6 Å². The molecule has 30 nitrogen and oxygen atoms in total. The van der Waals surface area contributed by atoms with Crippen LogP contribution in [-0.4, -0.2) is 207 Å². The highest BCUT2D eigenvalue weighted by atomic mass is 16.7. The number of aliphatic imine (C=N–C) groups is 2. The van der Waals surface area contributed by atoms with Crippen LogP contribution in [0.3, 0.4) is 0 Å². The molecule has 2 spiro atoms. The van der Waals surface area contributed by atoms with Crippen LogP contribution in [0.25, 0.3) is 66.3 Å². The molecule has 147 heavy (non-hydrogen) atoms. The molecule has 8 aromatic rings. The summed E-state index contributed by atoms with van der Waals surface area (Å²) in [4.78, 5) is 164. The second-order valence-corrected chi connectivity index (χ2v) is 46.5. The van der Waals surface area contributed by atoms with Crippen LogP contribution in [-0.2, 0) is 73.1 Å². The van der Waals surface area contributed by atoms with Crippen LogP contribution in [0.15, 0.2) is 141 Å². The number of hydrogen-bond acceptors (Lipinski definition) is 20. The molecule has 8 amide bonds. The molecule has 14 atom stereocenters. The number of nitrogens with zero attached hydrogens (tertiary/aromatic N) is 8. The average Bonchev–Trinajstić information content (AvgIpc) is 1.62. The quantitative estimate of drug-likeness (QED) is 0.0271. The fraction of sp³-hybridized carbons (Fsp3) is 0.534. The van der Waals surface area contributed by atoms with E-state index >= 15 is 0 Å². The number of piperidine rings is 3. The summed E-state index contributed by atoms with van der Waals surface area (Å²) in [5.41, 5.74) is 22.5. The van der Waals surface area contributed by atoms with Crippen LogP contribution in [0.1, 0.15) is 261 Å². The van der Waals surface area contributed by atoms with Crippen LogP contribution in [0.4, 0.5) is 19.2 Å². The Kier molecular flexibility index (Phi) is 27.7. The molecule has 10 fully saturated rings. The topological polar surface area (TPSA) is 369 Å². The van der Waals surface area contributed by atoms with E-state index in [2.05, 4.69) is 117 Å². The lowest BCUT2D eigenvalue weighted by Crippen LogP contribution is -2.54. The standard InChI is InChI=1S/C55H63N7O7.C35H43N3O3.C26H35BN4O6/c1-28(2)47(58-53(66)68-5)51(64)61-43-21-33(43)23-45(61)42-20-35(27-56-42)30-9-11-31(12-10-30)36-14-15-37(40-26-55(25-39(36)40)17-7-8-18-55)32-13-16-41-38(19-32)50(63)60-49(57-41)46-24-34-22-44(34)62(46)52(65)48(29(3)4)59-54(67)69-6;1-22(2)32(37-34(40)41-4)33(39)38-17-7-8-31(38)30-18-26(21-36-30)24-10-12-25(13-11-24)27-14-9-23(3)28-19-35(20-29(27)28)15-5-6-16-35;1-13(2)20(29-24(34)35-7)23(33)31-18-10-14(18)11-19(31)21-28-17-9-8-15(12-16(17)22(32)30-21)27-36-25(3,4)26(5,6)37-27/h9-16,19,27-29,33-34,43-48H,7-8,17-18,20-26H2,1-6H3,(H,58,66)(H,59,67)(H,57,60,63);9-14,21-22,31-32H,5-8,15-20H2,1-4H3,(H,37,40);8-9,12-14,18-20H,10-11H2,1-7H3,(H,29,34)(H,28,30,32)/t33?,34?,43?,44?,45-,46-,47-,48-;31-,32-;14?,18?,19-,20-/m000/s1. The monoisotopic (exact) mass is 2000 g/mol. The number of aromatic nitrogens is 4. The number of nitrogens with one attached hydrogen (secondary N) is 6. The molecule has 6 aromatic carbocycles. The van der Waals surface area contributed by atoms with E-state index in [1.165, 1.54) is 143 Å². The predicted molar refractivity (Wildman–Crippen MR) is 565 cm³/mol. The number of carbonyl (C=O) groups is 8. The summed E-state index contributed by atoms with van der Waals surface area (Å²) < 4.78 is 31.5. The highest BCUT2D eigenvalue weighted by molar-refractivity contribution is 6.62. The summed E-state index contributed by atoms with van der Waals surface area (Å²) in [5.74, 6) is 1.21. The van der Waals surface area contributed by atoms with Gasteiger partial charge in [0.1, 0.15) is 35.8 Å². The summed E-state index contributed by atoms with van der Waals surface area (Å²) in [6, 6.07) is 35.2. The number of ether oxygens (including phenoxy) is 4. The first-order valence-electron chi connectivity index (χ1n) is 53.4. The van der Waals surface area contributed by atoms with Crippen molar-refractivity contribution in [3.63, 3.8) is 0 Å². The highest BCUT2D eigenvalue weighted by Crippen LogP contribution is 2.59. The number of alkyl carbamates (subject to hydrolysis) is 4. The van der Waals surface area contributed by atoms with Crippen molar-refractivity contribution in [1.29, 1.82) is 0 Å². The first kappa shape index (κ1) is 102. The maximum absolute atomic E-state index is 14.0. The van der Waals surface area contributed by atoms with Crippen molar-refractivity contribution < 1.29 is 66.6 Å². The number of allylic oxidation sites excluding steroid dienone is 2. The number of carbonyl (C=O) groups excluding carboxylic acids is 8. The second-order valence-electron chi connectivity index (χ2n) is 46.5. The van der Waals surface area contributed by atoms with Gasteiger partial charge in [-0.3, -0.25) is 38.8 Å². The van der Waals surface area contributed by atoms with Gasteiger partial charge in [0.2, 0.25) is 23.6 Å². The number of aromatic amines is 2.